The molecule has 0 saturated carbocycles. The van der Waals surface area contributed by atoms with Crippen molar-refractivity contribution >= 4 is 27.9 Å². The largest absolute Gasteiger partial charge is 0.464 e. The standard InChI is InChI=1S/C21H18FN3O2/c22-15-5-6-16-17(12-15)24-20(23-16)18-3-1-2-9-25(18)21(26)14-4-7-19-13(11-14)8-10-27-19/h4-8,10-12,18H,1-3,9H2,(H,23,24)/t18-/m0/s1. The zero-order valence-electron chi connectivity index (χ0n) is 14.6. The Bertz CT molecular complexity index is 1150. The van der Waals surface area contributed by atoms with Crippen molar-refractivity contribution < 1.29 is 13.6 Å². The van der Waals surface area contributed by atoms with E-state index in [1.807, 2.05) is 23.1 Å². The first-order chi connectivity index (χ1) is 13.2. The van der Waals surface area contributed by atoms with Crippen LogP contribution in [0.15, 0.2) is 53.1 Å². The molecule has 0 aliphatic carbocycles. The molecule has 0 radical (unpaired) electrons. The maximum absolute atomic E-state index is 13.5. The van der Waals surface area contributed by atoms with Gasteiger partial charge >= 0.3 is 0 Å². The van der Waals surface area contributed by atoms with E-state index in [2.05, 4.69) is 9.97 Å². The van der Waals surface area contributed by atoms with Crippen molar-refractivity contribution in [2.24, 2.45) is 0 Å². The second kappa shape index (κ2) is 6.23. The number of aromatic amines is 1. The number of nitrogens with one attached hydrogen (secondary N) is 1. The lowest BCUT2D eigenvalue weighted by atomic mass is 10.00. The Hall–Kier alpha value is -3.15. The summed E-state index contributed by atoms with van der Waals surface area (Å²) < 4.78 is 18.9. The van der Waals surface area contributed by atoms with Gasteiger partial charge in [0, 0.05) is 17.5 Å². The van der Waals surface area contributed by atoms with Crippen molar-refractivity contribution in [3.05, 3.63) is 65.9 Å². The predicted octanol–water partition coefficient (Wildman–Crippen LogP) is 4.82. The number of aromatic nitrogens is 2. The summed E-state index contributed by atoms with van der Waals surface area (Å²) in [6.45, 7) is 0.679. The highest BCUT2D eigenvalue weighted by molar-refractivity contribution is 5.98. The van der Waals surface area contributed by atoms with Gasteiger partial charge in [-0.05, 0) is 61.7 Å². The Balaban J connectivity index is 1.51. The van der Waals surface area contributed by atoms with Crippen molar-refractivity contribution in [2.45, 2.75) is 25.3 Å². The summed E-state index contributed by atoms with van der Waals surface area (Å²) in [6, 6.07) is 11.7. The zero-order chi connectivity index (χ0) is 18.4. The fraction of sp³-hybridized carbons (Fsp3) is 0.238. The van der Waals surface area contributed by atoms with Crippen molar-refractivity contribution in [2.75, 3.05) is 6.54 Å². The number of fused-ring (bicyclic) bond motifs is 2. The van der Waals surface area contributed by atoms with Gasteiger partial charge in [0.05, 0.1) is 23.3 Å². The summed E-state index contributed by atoms with van der Waals surface area (Å²) in [5.41, 5.74) is 2.77. The molecule has 3 heterocycles. The number of halogens is 1. The van der Waals surface area contributed by atoms with Crippen LogP contribution in [-0.4, -0.2) is 27.3 Å². The number of piperidine rings is 1. The maximum atomic E-state index is 13.5. The first-order valence-corrected chi connectivity index (χ1v) is 9.12. The van der Waals surface area contributed by atoms with Crippen molar-refractivity contribution in [1.82, 2.24) is 14.9 Å². The van der Waals surface area contributed by atoms with Crippen LogP contribution in [0.2, 0.25) is 0 Å². The van der Waals surface area contributed by atoms with Gasteiger partial charge in [-0.2, -0.15) is 0 Å². The molecule has 136 valence electrons. The summed E-state index contributed by atoms with van der Waals surface area (Å²) in [5, 5.41) is 0.911. The molecule has 2 aromatic carbocycles. The van der Waals surface area contributed by atoms with E-state index in [-0.39, 0.29) is 17.8 Å². The van der Waals surface area contributed by atoms with E-state index in [4.69, 9.17) is 4.42 Å². The van der Waals surface area contributed by atoms with Gasteiger partial charge in [0.25, 0.3) is 5.91 Å². The van der Waals surface area contributed by atoms with Crippen molar-refractivity contribution in [1.29, 1.82) is 0 Å². The third-order valence-corrected chi connectivity index (χ3v) is 5.24. The molecule has 1 aliphatic rings. The lowest BCUT2D eigenvalue weighted by molar-refractivity contribution is 0.0601. The van der Waals surface area contributed by atoms with Gasteiger partial charge in [-0.1, -0.05) is 0 Å². The summed E-state index contributed by atoms with van der Waals surface area (Å²) in [7, 11) is 0. The molecule has 4 aromatic rings. The number of rotatable bonds is 2. The number of hydrogen-bond acceptors (Lipinski definition) is 3. The summed E-state index contributed by atoms with van der Waals surface area (Å²) >= 11 is 0. The molecule has 6 heteroatoms. The zero-order valence-corrected chi connectivity index (χ0v) is 14.6. The molecular weight excluding hydrogens is 345 g/mol. The summed E-state index contributed by atoms with van der Waals surface area (Å²) in [6.07, 6.45) is 4.45. The number of carbonyl (C=O) groups is 1. The molecule has 2 aromatic heterocycles. The predicted molar refractivity (Wildman–Crippen MR) is 99.9 cm³/mol. The number of nitrogens with zero attached hydrogens (tertiary/aromatic N) is 2. The third-order valence-electron chi connectivity index (χ3n) is 5.24. The third kappa shape index (κ3) is 2.77. The second-order valence-electron chi connectivity index (χ2n) is 6.97. The Kier molecular flexibility index (Phi) is 3.70. The van der Waals surface area contributed by atoms with Crippen LogP contribution in [0.5, 0.6) is 0 Å². The van der Waals surface area contributed by atoms with Crippen molar-refractivity contribution in [3.8, 4) is 0 Å². The SMILES string of the molecule is O=C(c1ccc2occc2c1)N1CCCC[C@H]1c1nc2ccc(F)cc2[nH]1. The molecule has 5 rings (SSSR count). The van der Waals surface area contributed by atoms with Crippen LogP contribution >= 0.6 is 0 Å². The molecular formula is C21H18FN3O2. The average molecular weight is 363 g/mol. The average Bonchev–Trinajstić information content (AvgIpc) is 3.33. The number of carbonyl (C=O) groups excluding carboxylic acids is 1. The topological polar surface area (TPSA) is 62.1 Å². The number of imidazole rings is 1. The van der Waals surface area contributed by atoms with Crippen LogP contribution in [-0.2, 0) is 0 Å². The number of H-pyrrole nitrogens is 1. The fourth-order valence-corrected chi connectivity index (χ4v) is 3.88. The molecule has 1 N–H and O–H groups in total. The number of amides is 1. The monoisotopic (exact) mass is 363 g/mol. The first kappa shape index (κ1) is 16.1. The van der Waals surface area contributed by atoms with Crippen molar-refractivity contribution in [3.63, 3.8) is 0 Å². The Morgan fingerprint density at radius 2 is 2.11 bits per heavy atom. The van der Waals surface area contributed by atoms with E-state index in [0.717, 1.165) is 30.2 Å². The Morgan fingerprint density at radius 1 is 1.19 bits per heavy atom. The lowest BCUT2D eigenvalue weighted by Gasteiger charge is -2.34. The molecule has 1 aliphatic heterocycles. The van der Waals surface area contributed by atoms with Crippen LogP contribution in [0.1, 0.15) is 41.5 Å². The molecule has 1 saturated heterocycles. The molecule has 1 fully saturated rings. The molecule has 1 amide bonds. The highest BCUT2D eigenvalue weighted by Gasteiger charge is 2.31. The quantitative estimate of drug-likeness (QED) is 0.556. The number of furan rings is 1. The van der Waals surface area contributed by atoms with Gasteiger partial charge in [0.1, 0.15) is 17.2 Å². The van der Waals surface area contributed by atoms with Gasteiger partial charge in [-0.3, -0.25) is 4.79 Å². The van der Waals surface area contributed by atoms with Crippen LogP contribution in [0.4, 0.5) is 4.39 Å². The highest BCUT2D eigenvalue weighted by Crippen LogP contribution is 2.32. The maximum Gasteiger partial charge on any atom is 0.254 e. The first-order valence-electron chi connectivity index (χ1n) is 9.12. The summed E-state index contributed by atoms with van der Waals surface area (Å²) in [4.78, 5) is 22.9. The molecule has 0 spiro atoms. The highest BCUT2D eigenvalue weighted by atomic mass is 19.1. The molecule has 1 atom stereocenters. The minimum Gasteiger partial charge on any atom is -0.464 e. The van der Waals surface area contributed by atoms with Gasteiger partial charge < -0.3 is 14.3 Å². The van der Waals surface area contributed by atoms with E-state index in [9.17, 15) is 9.18 Å². The Labute approximate surface area is 154 Å². The van der Waals surface area contributed by atoms with Crippen LogP contribution in [0, 0.1) is 5.82 Å². The van der Waals surface area contributed by atoms with Gasteiger partial charge in [-0.25, -0.2) is 9.37 Å². The van der Waals surface area contributed by atoms with Gasteiger partial charge in [-0.15, -0.1) is 0 Å². The number of hydrogen-bond donors (Lipinski definition) is 1. The van der Waals surface area contributed by atoms with Crippen LogP contribution in [0.25, 0.3) is 22.0 Å². The minimum absolute atomic E-state index is 0.0190. The lowest BCUT2D eigenvalue weighted by Crippen LogP contribution is -2.39. The van der Waals surface area contributed by atoms with Gasteiger partial charge in [0.15, 0.2) is 0 Å². The summed E-state index contributed by atoms with van der Waals surface area (Å²) in [5.74, 6) is 0.394. The number of likely N-dealkylation sites (tertiary alicyclic amines) is 1. The Morgan fingerprint density at radius 3 is 3.04 bits per heavy atom. The normalized spacial score (nSPS) is 17.7. The van der Waals surface area contributed by atoms with Crippen LogP contribution in [0.3, 0.4) is 0 Å². The smallest absolute Gasteiger partial charge is 0.254 e. The molecule has 5 nitrogen and oxygen atoms in total. The minimum atomic E-state index is -0.303. The van der Waals surface area contributed by atoms with E-state index >= 15 is 0 Å². The van der Waals surface area contributed by atoms with Gasteiger partial charge in [0.2, 0.25) is 0 Å². The van der Waals surface area contributed by atoms with E-state index < -0.39 is 0 Å². The van der Waals surface area contributed by atoms with E-state index in [0.29, 0.717) is 29.0 Å². The number of benzene rings is 2. The molecule has 0 bridgehead atoms. The molecule has 0 unspecified atom stereocenters. The van der Waals surface area contributed by atoms with E-state index in [1.165, 1.54) is 12.1 Å². The fourth-order valence-electron chi connectivity index (χ4n) is 3.88. The second-order valence-corrected chi connectivity index (χ2v) is 6.97. The van der Waals surface area contributed by atoms with E-state index in [1.54, 1.807) is 18.4 Å². The van der Waals surface area contributed by atoms with Crippen LogP contribution < -0.4 is 0 Å². The molecule has 27 heavy (non-hydrogen) atoms.